The molecule has 0 N–H and O–H groups in total. The molecule has 1 rings (SSSR count). The fourth-order valence-corrected chi connectivity index (χ4v) is 1.96. The third-order valence-corrected chi connectivity index (χ3v) is 3.06. The van der Waals surface area contributed by atoms with Crippen LogP contribution in [-0.4, -0.2) is 29.1 Å². The van der Waals surface area contributed by atoms with Gasteiger partial charge in [-0.15, -0.1) is 0 Å². The van der Waals surface area contributed by atoms with E-state index in [-0.39, 0.29) is 11.2 Å². The average Bonchev–Trinajstić information content (AvgIpc) is 2.50. The molecule has 0 aliphatic carbocycles. The molecule has 0 aromatic heterocycles. The molecule has 0 aromatic rings. The maximum Gasteiger partial charge on any atom is 0.235 e. The normalized spacial score (nSPS) is 25.3. The highest BCUT2D eigenvalue weighted by Crippen LogP contribution is 2.24. The summed E-state index contributed by atoms with van der Waals surface area (Å²) in [6.07, 6.45) is 1.16. The first-order valence-electron chi connectivity index (χ1n) is 4.99. The van der Waals surface area contributed by atoms with Crippen LogP contribution in [-0.2, 0) is 4.79 Å². The molecular weight excluding hydrogens is 182 g/mol. The highest BCUT2D eigenvalue weighted by molar-refractivity contribution is 7.81. The van der Waals surface area contributed by atoms with E-state index in [2.05, 4.69) is 26.5 Å². The number of thiol groups is 1. The summed E-state index contributed by atoms with van der Waals surface area (Å²) in [6.45, 7) is 8.15. The summed E-state index contributed by atoms with van der Waals surface area (Å²) in [5.74, 6) is 1.57. The predicted molar refractivity (Wildman–Crippen MR) is 58.0 cm³/mol. The van der Waals surface area contributed by atoms with Gasteiger partial charge >= 0.3 is 0 Å². The van der Waals surface area contributed by atoms with Crippen LogP contribution in [0.4, 0.5) is 0 Å². The zero-order valence-corrected chi connectivity index (χ0v) is 9.55. The van der Waals surface area contributed by atoms with Crippen LogP contribution in [0.2, 0.25) is 0 Å². The first-order chi connectivity index (χ1) is 6.02. The fourth-order valence-electron chi connectivity index (χ4n) is 1.80. The van der Waals surface area contributed by atoms with Crippen LogP contribution in [0.5, 0.6) is 0 Å². The SMILES string of the molecule is CC(S)C(=O)N1CCC(C(C)C)C1. The summed E-state index contributed by atoms with van der Waals surface area (Å²) < 4.78 is 0. The Balaban J connectivity index is 2.45. The highest BCUT2D eigenvalue weighted by Gasteiger charge is 2.29. The molecular formula is C10H19NOS. The molecule has 0 saturated carbocycles. The number of hydrogen-bond donors (Lipinski definition) is 1. The van der Waals surface area contributed by atoms with E-state index in [9.17, 15) is 4.79 Å². The Morgan fingerprint density at radius 1 is 1.46 bits per heavy atom. The zero-order chi connectivity index (χ0) is 10.0. The smallest absolute Gasteiger partial charge is 0.235 e. The van der Waals surface area contributed by atoms with Crippen molar-refractivity contribution in [3.63, 3.8) is 0 Å². The van der Waals surface area contributed by atoms with Gasteiger partial charge in [0.25, 0.3) is 0 Å². The quantitative estimate of drug-likeness (QED) is 0.676. The maximum absolute atomic E-state index is 11.6. The van der Waals surface area contributed by atoms with Crippen LogP contribution >= 0.6 is 12.6 Å². The van der Waals surface area contributed by atoms with Gasteiger partial charge in [-0.3, -0.25) is 4.79 Å². The first kappa shape index (κ1) is 10.9. The van der Waals surface area contributed by atoms with Crippen molar-refractivity contribution in [1.82, 2.24) is 4.90 Å². The Kier molecular flexibility index (Phi) is 3.65. The summed E-state index contributed by atoms with van der Waals surface area (Å²) in [5.41, 5.74) is 0. The number of nitrogens with zero attached hydrogens (tertiary/aromatic N) is 1. The van der Waals surface area contributed by atoms with Gasteiger partial charge in [0.05, 0.1) is 5.25 Å². The molecule has 2 unspecified atom stereocenters. The fraction of sp³-hybridized carbons (Fsp3) is 0.900. The van der Waals surface area contributed by atoms with E-state index in [1.807, 2.05) is 11.8 Å². The molecule has 76 valence electrons. The lowest BCUT2D eigenvalue weighted by Gasteiger charge is -2.19. The molecule has 0 bridgehead atoms. The molecule has 2 nitrogen and oxygen atoms in total. The molecule has 1 saturated heterocycles. The van der Waals surface area contributed by atoms with Gasteiger partial charge in [0.2, 0.25) is 5.91 Å². The van der Waals surface area contributed by atoms with Crippen molar-refractivity contribution in [3.05, 3.63) is 0 Å². The van der Waals surface area contributed by atoms with E-state index in [0.29, 0.717) is 11.8 Å². The summed E-state index contributed by atoms with van der Waals surface area (Å²) in [6, 6.07) is 0. The molecule has 0 spiro atoms. The summed E-state index contributed by atoms with van der Waals surface area (Å²) in [4.78, 5) is 13.5. The van der Waals surface area contributed by atoms with Crippen LogP contribution in [0.25, 0.3) is 0 Å². The van der Waals surface area contributed by atoms with Gasteiger partial charge in [0.1, 0.15) is 0 Å². The summed E-state index contributed by atoms with van der Waals surface area (Å²) >= 11 is 4.16. The van der Waals surface area contributed by atoms with Gasteiger partial charge in [-0.05, 0) is 25.2 Å². The van der Waals surface area contributed by atoms with E-state index in [1.165, 1.54) is 0 Å². The number of likely N-dealkylation sites (tertiary alicyclic amines) is 1. The monoisotopic (exact) mass is 201 g/mol. The van der Waals surface area contributed by atoms with Gasteiger partial charge in [-0.2, -0.15) is 12.6 Å². The standard InChI is InChI=1S/C10H19NOS/c1-7(2)9-4-5-11(6-9)10(12)8(3)13/h7-9,13H,4-6H2,1-3H3. The van der Waals surface area contributed by atoms with Crippen molar-refractivity contribution in [2.24, 2.45) is 11.8 Å². The van der Waals surface area contributed by atoms with Crippen LogP contribution in [0.15, 0.2) is 0 Å². The predicted octanol–water partition coefficient (Wildman–Crippen LogP) is 1.81. The average molecular weight is 201 g/mol. The molecule has 1 aliphatic heterocycles. The minimum absolute atomic E-state index is 0.147. The van der Waals surface area contributed by atoms with Crippen molar-refractivity contribution in [1.29, 1.82) is 0 Å². The third-order valence-electron chi connectivity index (χ3n) is 2.84. The summed E-state index contributed by atoms with van der Waals surface area (Å²) in [7, 11) is 0. The minimum atomic E-state index is -0.147. The molecule has 1 fully saturated rings. The lowest BCUT2D eigenvalue weighted by Crippen LogP contribution is -2.34. The van der Waals surface area contributed by atoms with E-state index < -0.39 is 0 Å². The van der Waals surface area contributed by atoms with Crippen molar-refractivity contribution < 1.29 is 4.79 Å². The Morgan fingerprint density at radius 2 is 2.08 bits per heavy atom. The highest BCUT2D eigenvalue weighted by atomic mass is 32.1. The Hall–Kier alpha value is -0.180. The number of carbonyl (C=O) groups is 1. The van der Waals surface area contributed by atoms with Gasteiger partial charge in [-0.25, -0.2) is 0 Å². The van der Waals surface area contributed by atoms with Crippen molar-refractivity contribution >= 4 is 18.5 Å². The lowest BCUT2D eigenvalue weighted by atomic mass is 9.95. The molecule has 1 aliphatic rings. The number of carbonyl (C=O) groups excluding carboxylic acids is 1. The van der Waals surface area contributed by atoms with Crippen LogP contribution in [0.1, 0.15) is 27.2 Å². The number of amides is 1. The second-order valence-corrected chi connectivity index (χ2v) is 5.03. The van der Waals surface area contributed by atoms with E-state index in [4.69, 9.17) is 0 Å². The molecule has 2 atom stereocenters. The summed E-state index contributed by atoms with van der Waals surface area (Å²) in [5, 5.41) is -0.147. The first-order valence-corrected chi connectivity index (χ1v) is 5.51. The van der Waals surface area contributed by atoms with E-state index in [0.717, 1.165) is 19.5 Å². The van der Waals surface area contributed by atoms with Crippen LogP contribution in [0.3, 0.4) is 0 Å². The Bertz CT molecular complexity index is 191. The largest absolute Gasteiger partial charge is 0.341 e. The molecule has 13 heavy (non-hydrogen) atoms. The van der Waals surface area contributed by atoms with Crippen molar-refractivity contribution in [3.8, 4) is 0 Å². The molecule has 1 amide bonds. The van der Waals surface area contributed by atoms with Crippen molar-refractivity contribution in [2.45, 2.75) is 32.4 Å². The number of hydrogen-bond acceptors (Lipinski definition) is 2. The zero-order valence-electron chi connectivity index (χ0n) is 8.66. The second-order valence-electron chi connectivity index (χ2n) is 4.25. The molecule has 0 radical (unpaired) electrons. The molecule has 3 heteroatoms. The molecule has 0 aromatic carbocycles. The van der Waals surface area contributed by atoms with Gasteiger partial charge in [0.15, 0.2) is 0 Å². The van der Waals surface area contributed by atoms with E-state index in [1.54, 1.807) is 0 Å². The van der Waals surface area contributed by atoms with Crippen LogP contribution < -0.4 is 0 Å². The number of rotatable bonds is 2. The van der Waals surface area contributed by atoms with Gasteiger partial charge in [0, 0.05) is 13.1 Å². The van der Waals surface area contributed by atoms with Crippen molar-refractivity contribution in [2.75, 3.05) is 13.1 Å². The Labute approximate surface area is 86.1 Å². The van der Waals surface area contributed by atoms with Crippen LogP contribution in [0, 0.1) is 11.8 Å². The van der Waals surface area contributed by atoms with Gasteiger partial charge < -0.3 is 4.90 Å². The second kappa shape index (κ2) is 4.36. The lowest BCUT2D eigenvalue weighted by molar-refractivity contribution is -0.129. The Morgan fingerprint density at radius 3 is 2.46 bits per heavy atom. The van der Waals surface area contributed by atoms with Gasteiger partial charge in [-0.1, -0.05) is 13.8 Å². The van der Waals surface area contributed by atoms with E-state index >= 15 is 0 Å². The molecule has 1 heterocycles. The third kappa shape index (κ3) is 2.63. The minimum Gasteiger partial charge on any atom is -0.341 e. The maximum atomic E-state index is 11.6. The topological polar surface area (TPSA) is 20.3 Å².